The number of nitrogens with zero attached hydrogens (tertiary/aromatic N) is 1. The van der Waals surface area contributed by atoms with Crippen LogP contribution < -0.4 is 9.47 Å². The molecule has 23 heavy (non-hydrogen) atoms. The lowest BCUT2D eigenvalue weighted by Gasteiger charge is -2.52. The van der Waals surface area contributed by atoms with E-state index in [0.29, 0.717) is 6.04 Å². The van der Waals surface area contributed by atoms with Gasteiger partial charge in [0.15, 0.2) is 17.6 Å². The van der Waals surface area contributed by atoms with Gasteiger partial charge in [-0.1, -0.05) is 12.1 Å². The van der Waals surface area contributed by atoms with Crippen molar-refractivity contribution in [2.24, 2.45) is 0 Å². The van der Waals surface area contributed by atoms with Gasteiger partial charge in [-0.25, -0.2) is 0 Å². The molecule has 1 spiro atoms. The Morgan fingerprint density at radius 2 is 2.09 bits per heavy atom. The van der Waals surface area contributed by atoms with Crippen molar-refractivity contribution in [3.05, 3.63) is 46.7 Å². The summed E-state index contributed by atoms with van der Waals surface area (Å²) in [5.74, 6) is 2.68. The SMILES string of the molecule is COC1=CC=C2[C@@H]3Cc4ccc(OC)c5c4[C@]2(CCN3C)[C@@H]1O5. The molecule has 0 radical (unpaired) electrons. The van der Waals surface area contributed by atoms with Crippen molar-refractivity contribution < 1.29 is 14.2 Å². The molecule has 0 unspecified atom stereocenters. The molecule has 4 heteroatoms. The van der Waals surface area contributed by atoms with Crippen LogP contribution in [0.2, 0.25) is 0 Å². The third-order valence-electron chi connectivity index (χ3n) is 6.16. The summed E-state index contributed by atoms with van der Waals surface area (Å²) in [5, 5.41) is 0. The fraction of sp³-hybridized carbons (Fsp3) is 0.474. The second-order valence-corrected chi connectivity index (χ2v) is 6.95. The minimum Gasteiger partial charge on any atom is -0.497 e. The summed E-state index contributed by atoms with van der Waals surface area (Å²) < 4.78 is 17.7. The van der Waals surface area contributed by atoms with Crippen molar-refractivity contribution in [2.45, 2.75) is 30.4 Å². The topological polar surface area (TPSA) is 30.9 Å². The molecule has 0 N–H and O–H groups in total. The molecule has 2 aliphatic carbocycles. The zero-order valence-electron chi connectivity index (χ0n) is 13.8. The van der Waals surface area contributed by atoms with Gasteiger partial charge in [0.2, 0.25) is 0 Å². The molecule has 0 saturated carbocycles. The standard InChI is InChI=1S/C19H21NO3/c1-20-9-8-19-12-5-7-15(22-3)18(19)23-17-14(21-2)6-4-11(16(17)19)10-13(12)20/h4-7,13,18H,8-10H2,1-3H3/t13-,18+,19+/m0/s1. The van der Waals surface area contributed by atoms with Gasteiger partial charge in [-0.15, -0.1) is 0 Å². The number of ether oxygens (including phenoxy) is 3. The van der Waals surface area contributed by atoms with Gasteiger partial charge in [0.1, 0.15) is 5.76 Å². The number of methoxy groups -OCH3 is 2. The minimum absolute atomic E-state index is 0.0611. The molecular formula is C19H21NO3. The van der Waals surface area contributed by atoms with E-state index in [1.807, 2.05) is 6.07 Å². The number of hydrogen-bond donors (Lipinski definition) is 0. The number of benzene rings is 1. The fourth-order valence-corrected chi connectivity index (χ4v) is 5.10. The van der Waals surface area contributed by atoms with Crippen molar-refractivity contribution in [1.29, 1.82) is 0 Å². The van der Waals surface area contributed by atoms with Gasteiger partial charge in [0.05, 0.1) is 19.6 Å². The van der Waals surface area contributed by atoms with Gasteiger partial charge in [-0.05, 0) is 49.7 Å². The van der Waals surface area contributed by atoms with Crippen molar-refractivity contribution in [1.82, 2.24) is 4.90 Å². The first-order chi connectivity index (χ1) is 11.2. The van der Waals surface area contributed by atoms with Crippen molar-refractivity contribution >= 4 is 0 Å². The highest BCUT2D eigenvalue weighted by Crippen LogP contribution is 2.62. The molecule has 1 aromatic carbocycles. The van der Waals surface area contributed by atoms with E-state index >= 15 is 0 Å². The number of allylic oxidation sites excluding steroid dienone is 2. The normalized spacial score (nSPS) is 33.3. The van der Waals surface area contributed by atoms with Crippen LogP contribution >= 0.6 is 0 Å². The van der Waals surface area contributed by atoms with E-state index in [1.54, 1.807) is 14.2 Å². The van der Waals surface area contributed by atoms with Crippen molar-refractivity contribution in [3.63, 3.8) is 0 Å². The lowest BCUT2D eigenvalue weighted by atomic mass is 9.57. The predicted molar refractivity (Wildman–Crippen MR) is 87.0 cm³/mol. The van der Waals surface area contributed by atoms with Crippen LogP contribution in [0.5, 0.6) is 11.5 Å². The second kappa shape index (κ2) is 4.32. The Bertz CT molecular complexity index is 766. The third-order valence-corrected chi connectivity index (χ3v) is 6.16. The molecule has 1 aromatic rings. The van der Waals surface area contributed by atoms with Crippen molar-refractivity contribution in [3.8, 4) is 11.5 Å². The summed E-state index contributed by atoms with van der Waals surface area (Å²) in [6, 6.07) is 4.72. The second-order valence-electron chi connectivity index (χ2n) is 6.95. The average molecular weight is 311 g/mol. The summed E-state index contributed by atoms with van der Waals surface area (Å²) in [6.07, 6.45) is 6.41. The van der Waals surface area contributed by atoms with E-state index < -0.39 is 0 Å². The van der Waals surface area contributed by atoms with E-state index in [0.717, 1.165) is 36.6 Å². The molecule has 5 rings (SSSR count). The highest BCUT2D eigenvalue weighted by molar-refractivity contribution is 5.67. The molecule has 2 bridgehead atoms. The quantitative estimate of drug-likeness (QED) is 0.839. The summed E-state index contributed by atoms with van der Waals surface area (Å²) in [7, 11) is 5.68. The Hall–Kier alpha value is -1.94. The first kappa shape index (κ1) is 13.5. The largest absolute Gasteiger partial charge is 0.497 e. The van der Waals surface area contributed by atoms with Crippen LogP contribution in [0.3, 0.4) is 0 Å². The maximum absolute atomic E-state index is 6.46. The zero-order chi connectivity index (χ0) is 15.8. The van der Waals surface area contributed by atoms with Gasteiger partial charge in [0.25, 0.3) is 0 Å². The maximum atomic E-state index is 6.46. The Morgan fingerprint density at radius 1 is 1.22 bits per heavy atom. The molecule has 3 atom stereocenters. The molecule has 120 valence electrons. The van der Waals surface area contributed by atoms with Gasteiger partial charge < -0.3 is 14.2 Å². The fourth-order valence-electron chi connectivity index (χ4n) is 5.10. The number of rotatable bonds is 2. The Labute approximate surface area is 136 Å². The molecule has 2 aliphatic heterocycles. The molecule has 1 saturated heterocycles. The Balaban J connectivity index is 1.84. The van der Waals surface area contributed by atoms with Crippen LogP contribution in [0, 0.1) is 0 Å². The van der Waals surface area contributed by atoms with Crippen LogP contribution in [0.1, 0.15) is 17.5 Å². The van der Waals surface area contributed by atoms with E-state index in [-0.39, 0.29) is 11.5 Å². The van der Waals surface area contributed by atoms with Crippen LogP contribution in [-0.2, 0) is 16.6 Å². The van der Waals surface area contributed by atoms with Crippen LogP contribution in [0.25, 0.3) is 0 Å². The van der Waals surface area contributed by atoms with Crippen LogP contribution in [0.15, 0.2) is 35.6 Å². The smallest absolute Gasteiger partial charge is 0.169 e. The number of likely N-dealkylation sites (N-methyl/N-ethyl adjacent to an activating group) is 1. The molecule has 2 heterocycles. The number of piperidine rings is 1. The van der Waals surface area contributed by atoms with Gasteiger partial charge >= 0.3 is 0 Å². The third kappa shape index (κ3) is 1.41. The Kier molecular flexibility index (Phi) is 2.54. The molecule has 0 amide bonds. The number of hydrogen-bond acceptors (Lipinski definition) is 4. The van der Waals surface area contributed by atoms with E-state index in [4.69, 9.17) is 14.2 Å². The van der Waals surface area contributed by atoms with E-state index in [9.17, 15) is 0 Å². The summed E-state index contributed by atoms with van der Waals surface area (Å²) >= 11 is 0. The van der Waals surface area contributed by atoms with Gasteiger partial charge in [-0.3, -0.25) is 4.90 Å². The minimum atomic E-state index is -0.0747. The van der Waals surface area contributed by atoms with Crippen LogP contribution in [0.4, 0.5) is 0 Å². The molecule has 4 aliphatic rings. The predicted octanol–water partition coefficient (Wildman–Crippen LogP) is 2.42. The first-order valence-electron chi connectivity index (χ1n) is 8.24. The van der Waals surface area contributed by atoms with E-state index in [2.05, 4.69) is 30.2 Å². The average Bonchev–Trinajstić information content (AvgIpc) is 2.92. The molecule has 1 fully saturated rings. The highest BCUT2D eigenvalue weighted by atomic mass is 16.6. The molecular weight excluding hydrogens is 290 g/mol. The van der Waals surface area contributed by atoms with Crippen LogP contribution in [-0.4, -0.2) is 44.9 Å². The van der Waals surface area contributed by atoms with Crippen molar-refractivity contribution in [2.75, 3.05) is 27.8 Å². The first-order valence-corrected chi connectivity index (χ1v) is 8.24. The lowest BCUT2D eigenvalue weighted by Crippen LogP contribution is -2.58. The maximum Gasteiger partial charge on any atom is 0.169 e. The summed E-state index contributed by atoms with van der Waals surface area (Å²) in [6.45, 7) is 1.08. The zero-order valence-corrected chi connectivity index (χ0v) is 13.8. The summed E-state index contributed by atoms with van der Waals surface area (Å²) in [4.78, 5) is 2.48. The highest BCUT2D eigenvalue weighted by Gasteiger charge is 2.61. The number of likely N-dealkylation sites (tertiary alicyclic amines) is 1. The summed E-state index contributed by atoms with van der Waals surface area (Å²) in [5.41, 5.74) is 4.15. The van der Waals surface area contributed by atoms with Gasteiger partial charge in [0, 0.05) is 11.6 Å². The molecule has 0 aromatic heterocycles. The Morgan fingerprint density at radius 3 is 2.87 bits per heavy atom. The molecule has 4 nitrogen and oxygen atoms in total. The van der Waals surface area contributed by atoms with Gasteiger partial charge in [-0.2, -0.15) is 0 Å². The van der Waals surface area contributed by atoms with E-state index in [1.165, 1.54) is 16.7 Å². The monoisotopic (exact) mass is 311 g/mol. The lowest BCUT2D eigenvalue weighted by molar-refractivity contribution is 0.0734.